The van der Waals surface area contributed by atoms with E-state index in [0.717, 1.165) is 64.7 Å². The van der Waals surface area contributed by atoms with Gasteiger partial charge in [0, 0.05) is 17.4 Å². The second-order valence-corrected chi connectivity index (χ2v) is 10.6. The Morgan fingerprint density at radius 1 is 0.615 bits per heavy atom. The third-order valence-corrected chi connectivity index (χ3v) is 7.29. The van der Waals surface area contributed by atoms with E-state index in [4.69, 9.17) is 4.74 Å². The zero-order chi connectivity index (χ0) is 30.0. The summed E-state index contributed by atoms with van der Waals surface area (Å²) in [4.78, 5) is 0. The van der Waals surface area contributed by atoms with Gasteiger partial charge in [-0.2, -0.15) is 57.1 Å². The minimum Gasteiger partial charge on any atom is -0.376 e. The SMILES string of the molecule is CC1(CC(F)(F)C(F)(F)C(F)(F)C(F)(F)C(F)(F)C(F)(F)F)COCC1=C=C1CCCCCCCCCCC1. The lowest BCUT2D eigenvalue weighted by Crippen LogP contribution is -2.70. The minimum atomic E-state index is -7.90. The van der Waals surface area contributed by atoms with Gasteiger partial charge in [0.1, 0.15) is 0 Å². The topological polar surface area (TPSA) is 9.23 Å². The van der Waals surface area contributed by atoms with E-state index in [1.54, 1.807) is 0 Å². The molecule has 1 nitrogen and oxygen atoms in total. The van der Waals surface area contributed by atoms with E-state index in [-0.39, 0.29) is 5.57 Å². The summed E-state index contributed by atoms with van der Waals surface area (Å²) < 4.78 is 181. The van der Waals surface area contributed by atoms with Gasteiger partial charge in [-0.25, -0.2) is 0 Å². The molecule has 2 aliphatic rings. The van der Waals surface area contributed by atoms with Gasteiger partial charge in [-0.15, -0.1) is 5.73 Å². The first-order valence-electron chi connectivity index (χ1n) is 12.7. The molecule has 0 aromatic heterocycles. The van der Waals surface area contributed by atoms with Crippen LogP contribution in [-0.2, 0) is 4.74 Å². The number of ether oxygens (including phenoxy) is 1. The van der Waals surface area contributed by atoms with Crippen molar-refractivity contribution in [3.63, 3.8) is 0 Å². The summed E-state index contributed by atoms with van der Waals surface area (Å²) in [5.74, 6) is -36.9. The van der Waals surface area contributed by atoms with Crippen molar-refractivity contribution in [2.24, 2.45) is 5.41 Å². The van der Waals surface area contributed by atoms with E-state index in [2.05, 4.69) is 5.73 Å². The summed E-state index contributed by atoms with van der Waals surface area (Å²) >= 11 is 0. The Morgan fingerprint density at radius 3 is 1.46 bits per heavy atom. The highest BCUT2D eigenvalue weighted by molar-refractivity contribution is 5.23. The van der Waals surface area contributed by atoms with Gasteiger partial charge in [-0.05, 0) is 31.3 Å². The van der Waals surface area contributed by atoms with E-state index in [1.165, 1.54) is 0 Å². The van der Waals surface area contributed by atoms with Crippen molar-refractivity contribution in [1.29, 1.82) is 0 Å². The summed E-state index contributed by atoms with van der Waals surface area (Å²) in [6.07, 6.45) is -0.413. The molecule has 1 saturated heterocycles. The van der Waals surface area contributed by atoms with Crippen LogP contribution in [0.15, 0.2) is 16.9 Å². The van der Waals surface area contributed by atoms with Crippen LogP contribution in [0.25, 0.3) is 0 Å². The van der Waals surface area contributed by atoms with Crippen molar-refractivity contribution in [3.05, 3.63) is 16.9 Å². The molecule has 0 bridgehead atoms. The predicted octanol–water partition coefficient (Wildman–Crippen LogP) is 9.91. The zero-order valence-electron chi connectivity index (χ0n) is 21.2. The molecule has 1 heterocycles. The van der Waals surface area contributed by atoms with E-state index in [9.17, 15) is 57.1 Å². The van der Waals surface area contributed by atoms with Gasteiger partial charge in [0.15, 0.2) is 0 Å². The molecule has 1 atom stereocenters. The van der Waals surface area contributed by atoms with Crippen molar-refractivity contribution < 1.29 is 61.8 Å². The molecular weight excluding hydrogens is 563 g/mol. The lowest BCUT2D eigenvalue weighted by Gasteiger charge is -2.41. The van der Waals surface area contributed by atoms with E-state index in [1.807, 2.05) is 0 Å². The summed E-state index contributed by atoms with van der Waals surface area (Å²) in [7, 11) is 0. The molecule has 39 heavy (non-hydrogen) atoms. The highest BCUT2D eigenvalue weighted by Crippen LogP contribution is 2.62. The van der Waals surface area contributed by atoms with Crippen LogP contribution in [0.2, 0.25) is 0 Å². The van der Waals surface area contributed by atoms with Crippen LogP contribution in [0.1, 0.15) is 84.0 Å². The van der Waals surface area contributed by atoms with Gasteiger partial charge in [-0.3, -0.25) is 0 Å². The standard InChI is InChI=1S/C25H31F13O/c1-19(16-39-14-18(19)13-17-11-9-7-5-3-2-4-6-8-10-12-17)15-20(26,27)21(28,29)22(30,31)23(32,33)24(34,35)25(36,37)38/h2-12,14-16H2,1H3. The van der Waals surface area contributed by atoms with E-state index < -0.39 is 60.8 Å². The van der Waals surface area contributed by atoms with Crippen LogP contribution >= 0.6 is 0 Å². The van der Waals surface area contributed by atoms with Crippen molar-refractivity contribution in [3.8, 4) is 0 Å². The summed E-state index contributed by atoms with van der Waals surface area (Å²) in [5.41, 5.74) is 1.23. The normalized spacial score (nSPS) is 24.3. The second kappa shape index (κ2) is 11.8. The fourth-order valence-corrected chi connectivity index (χ4v) is 4.77. The van der Waals surface area contributed by atoms with Crippen LogP contribution in [-0.4, -0.2) is 49.0 Å². The molecule has 2 fully saturated rings. The molecule has 1 saturated carbocycles. The van der Waals surface area contributed by atoms with Crippen LogP contribution in [0.5, 0.6) is 0 Å². The number of rotatable bonds is 6. The highest BCUT2D eigenvalue weighted by atomic mass is 19.4. The van der Waals surface area contributed by atoms with Crippen molar-refractivity contribution >= 4 is 0 Å². The maximum atomic E-state index is 14.7. The Morgan fingerprint density at radius 2 is 1.03 bits per heavy atom. The van der Waals surface area contributed by atoms with Crippen molar-refractivity contribution in [2.75, 3.05) is 13.2 Å². The lowest BCUT2D eigenvalue weighted by atomic mass is 9.76. The van der Waals surface area contributed by atoms with Crippen LogP contribution in [0.4, 0.5) is 57.1 Å². The maximum absolute atomic E-state index is 14.7. The Labute approximate surface area is 217 Å². The molecular formula is C25H31F13O. The summed E-state index contributed by atoms with van der Waals surface area (Å²) in [5, 5.41) is 0. The molecule has 1 aliphatic heterocycles. The van der Waals surface area contributed by atoms with Gasteiger partial charge in [0.05, 0.1) is 13.2 Å². The lowest BCUT2D eigenvalue weighted by molar-refractivity contribution is -0.441. The Hall–Kier alpha value is -1.43. The smallest absolute Gasteiger partial charge is 0.376 e. The van der Waals surface area contributed by atoms with E-state index >= 15 is 0 Å². The molecule has 0 amide bonds. The number of hydrogen-bond acceptors (Lipinski definition) is 1. The number of alkyl halides is 13. The first-order chi connectivity index (χ1) is 17.6. The predicted molar refractivity (Wildman–Crippen MR) is 116 cm³/mol. The molecule has 1 unspecified atom stereocenters. The van der Waals surface area contributed by atoms with E-state index in [0.29, 0.717) is 18.4 Å². The molecule has 0 spiro atoms. The van der Waals surface area contributed by atoms with Crippen LogP contribution in [0.3, 0.4) is 0 Å². The Kier molecular flexibility index (Phi) is 10.2. The molecule has 228 valence electrons. The fourth-order valence-electron chi connectivity index (χ4n) is 4.77. The molecule has 2 rings (SSSR count). The van der Waals surface area contributed by atoms with Gasteiger partial charge < -0.3 is 4.74 Å². The van der Waals surface area contributed by atoms with Gasteiger partial charge in [0.2, 0.25) is 0 Å². The number of hydrogen-bond donors (Lipinski definition) is 0. The Balaban J connectivity index is 2.41. The number of halogens is 13. The minimum absolute atomic E-state index is 0.129. The average Bonchev–Trinajstić information content (AvgIpc) is 3.13. The quantitative estimate of drug-likeness (QED) is 0.220. The first-order valence-corrected chi connectivity index (χ1v) is 12.7. The molecule has 14 heteroatoms. The van der Waals surface area contributed by atoms with Gasteiger partial charge in [0.25, 0.3) is 0 Å². The molecule has 1 aliphatic carbocycles. The third-order valence-electron chi connectivity index (χ3n) is 7.29. The monoisotopic (exact) mass is 594 g/mol. The summed E-state index contributed by atoms with van der Waals surface area (Å²) in [6, 6.07) is 0. The molecule has 0 aromatic rings. The average molecular weight is 594 g/mol. The van der Waals surface area contributed by atoms with Crippen LogP contribution in [0, 0.1) is 5.41 Å². The van der Waals surface area contributed by atoms with Crippen molar-refractivity contribution in [1.82, 2.24) is 0 Å². The van der Waals surface area contributed by atoms with Crippen molar-refractivity contribution in [2.45, 2.75) is 120 Å². The van der Waals surface area contributed by atoms with Gasteiger partial charge in [-0.1, -0.05) is 51.9 Å². The Bertz CT molecular complexity index is 886. The molecule has 0 aromatic carbocycles. The van der Waals surface area contributed by atoms with Crippen LogP contribution < -0.4 is 0 Å². The first kappa shape index (κ1) is 33.8. The van der Waals surface area contributed by atoms with Gasteiger partial charge >= 0.3 is 35.8 Å². The largest absolute Gasteiger partial charge is 0.460 e. The maximum Gasteiger partial charge on any atom is 0.460 e. The second-order valence-electron chi connectivity index (χ2n) is 10.6. The third kappa shape index (κ3) is 6.73. The molecule has 0 radical (unpaired) electrons. The zero-order valence-corrected chi connectivity index (χ0v) is 21.2. The summed E-state index contributed by atoms with van der Waals surface area (Å²) in [6.45, 7) is -0.252. The molecule has 0 N–H and O–H groups in total. The highest BCUT2D eigenvalue weighted by Gasteiger charge is 2.90. The fraction of sp³-hybridized carbons (Fsp3) is 0.880.